The Morgan fingerprint density at radius 3 is 2.75 bits per heavy atom. The van der Waals surface area contributed by atoms with Gasteiger partial charge in [0.15, 0.2) is 0 Å². The van der Waals surface area contributed by atoms with Crippen molar-refractivity contribution >= 4 is 11.6 Å². The molecule has 0 heterocycles. The molecule has 0 saturated heterocycles. The number of allylic oxidation sites excluding steroid dienone is 1. The van der Waals surface area contributed by atoms with Gasteiger partial charge in [0.05, 0.1) is 5.88 Å². The monoisotopic (exact) mass is 133 g/mol. The van der Waals surface area contributed by atoms with E-state index in [-0.39, 0.29) is 0 Å². The Kier molecular flexibility index (Phi) is 4.87. The van der Waals surface area contributed by atoms with E-state index in [4.69, 9.17) is 11.6 Å². The lowest BCUT2D eigenvalue weighted by Crippen LogP contribution is -2.13. The topological polar surface area (TPSA) is 12.0 Å². The highest BCUT2D eigenvalue weighted by atomic mass is 35.5. The van der Waals surface area contributed by atoms with Gasteiger partial charge in [0.25, 0.3) is 0 Å². The van der Waals surface area contributed by atoms with Crippen molar-refractivity contribution in [3.05, 3.63) is 12.3 Å². The van der Waals surface area contributed by atoms with Crippen LogP contribution in [0.5, 0.6) is 0 Å². The molecule has 0 atom stereocenters. The summed E-state index contributed by atoms with van der Waals surface area (Å²) in [6.45, 7) is 6.75. The first-order valence-electron chi connectivity index (χ1n) is 2.79. The second-order valence-corrected chi connectivity index (χ2v) is 1.93. The van der Waals surface area contributed by atoms with E-state index in [9.17, 15) is 0 Å². The third-order valence-corrected chi connectivity index (χ3v) is 1.11. The normalized spacial score (nSPS) is 8.75. The summed E-state index contributed by atoms with van der Waals surface area (Å²) in [7, 11) is 0. The SMILES string of the molecule is C=C(CCl)NCCC. The molecule has 0 saturated carbocycles. The smallest absolute Gasteiger partial charge is 0.0615 e. The summed E-state index contributed by atoms with van der Waals surface area (Å²) >= 11 is 5.43. The summed E-state index contributed by atoms with van der Waals surface area (Å²) in [5.41, 5.74) is 0.911. The lowest BCUT2D eigenvalue weighted by molar-refractivity contribution is 0.774. The second-order valence-electron chi connectivity index (χ2n) is 1.66. The lowest BCUT2D eigenvalue weighted by atomic mass is 10.4. The van der Waals surface area contributed by atoms with Crippen molar-refractivity contribution in [3.8, 4) is 0 Å². The van der Waals surface area contributed by atoms with Gasteiger partial charge in [-0.05, 0) is 6.42 Å². The second kappa shape index (κ2) is 4.98. The van der Waals surface area contributed by atoms with Gasteiger partial charge in [-0.15, -0.1) is 11.6 Å². The fourth-order valence-corrected chi connectivity index (χ4v) is 0.444. The van der Waals surface area contributed by atoms with Crippen LogP contribution in [0.4, 0.5) is 0 Å². The van der Waals surface area contributed by atoms with Gasteiger partial charge >= 0.3 is 0 Å². The first-order valence-corrected chi connectivity index (χ1v) is 3.32. The van der Waals surface area contributed by atoms with E-state index in [1.807, 2.05) is 0 Å². The Labute approximate surface area is 55.7 Å². The zero-order valence-electron chi connectivity index (χ0n) is 5.21. The predicted molar refractivity (Wildman–Crippen MR) is 38.2 cm³/mol. The molecule has 2 heteroatoms. The molecule has 1 nitrogen and oxygen atoms in total. The molecule has 0 aromatic carbocycles. The third kappa shape index (κ3) is 4.00. The quantitative estimate of drug-likeness (QED) is 0.576. The van der Waals surface area contributed by atoms with Crippen LogP contribution in [0.2, 0.25) is 0 Å². The molecule has 0 aliphatic heterocycles. The van der Waals surface area contributed by atoms with Crippen molar-refractivity contribution in [2.24, 2.45) is 0 Å². The maximum Gasteiger partial charge on any atom is 0.0615 e. The van der Waals surface area contributed by atoms with E-state index < -0.39 is 0 Å². The van der Waals surface area contributed by atoms with Crippen LogP contribution in [0.25, 0.3) is 0 Å². The largest absolute Gasteiger partial charge is 0.388 e. The molecule has 48 valence electrons. The fraction of sp³-hybridized carbons (Fsp3) is 0.667. The molecule has 0 spiro atoms. The number of hydrogen-bond donors (Lipinski definition) is 1. The van der Waals surface area contributed by atoms with E-state index in [0.717, 1.165) is 18.7 Å². The van der Waals surface area contributed by atoms with Gasteiger partial charge < -0.3 is 5.32 Å². The Morgan fingerprint density at radius 2 is 2.38 bits per heavy atom. The summed E-state index contributed by atoms with van der Waals surface area (Å²) < 4.78 is 0. The highest BCUT2D eigenvalue weighted by Crippen LogP contribution is 1.86. The summed E-state index contributed by atoms with van der Waals surface area (Å²) in [5.74, 6) is 0.514. The van der Waals surface area contributed by atoms with Crippen LogP contribution < -0.4 is 5.32 Å². The minimum absolute atomic E-state index is 0.514. The van der Waals surface area contributed by atoms with Crippen LogP contribution in [0.15, 0.2) is 12.3 Å². The molecule has 8 heavy (non-hydrogen) atoms. The van der Waals surface area contributed by atoms with Gasteiger partial charge in [0.2, 0.25) is 0 Å². The first-order chi connectivity index (χ1) is 3.81. The fourth-order valence-electron chi connectivity index (χ4n) is 0.349. The van der Waals surface area contributed by atoms with E-state index >= 15 is 0 Å². The van der Waals surface area contributed by atoms with Crippen LogP contribution in [0.1, 0.15) is 13.3 Å². The summed E-state index contributed by atoms with van der Waals surface area (Å²) in [5, 5.41) is 3.06. The molecule has 0 aromatic rings. The standard InChI is InChI=1S/C6H12ClN/c1-3-4-8-6(2)5-7/h8H,2-5H2,1H3. The van der Waals surface area contributed by atoms with E-state index in [1.165, 1.54) is 0 Å². The number of rotatable bonds is 4. The van der Waals surface area contributed by atoms with Gasteiger partial charge in [0.1, 0.15) is 0 Å². The van der Waals surface area contributed by atoms with Crippen LogP contribution in [0.3, 0.4) is 0 Å². The summed E-state index contributed by atoms with van der Waals surface area (Å²) in [6, 6.07) is 0. The van der Waals surface area contributed by atoms with Crippen LogP contribution in [-0.4, -0.2) is 12.4 Å². The molecule has 0 fully saturated rings. The number of alkyl halides is 1. The minimum atomic E-state index is 0.514. The average molecular weight is 134 g/mol. The third-order valence-electron chi connectivity index (χ3n) is 0.786. The lowest BCUT2D eigenvalue weighted by Gasteiger charge is -2.01. The Hall–Kier alpha value is -0.170. The Bertz CT molecular complexity index is 70.9. The van der Waals surface area contributed by atoms with Crippen LogP contribution in [0, 0.1) is 0 Å². The molecular weight excluding hydrogens is 122 g/mol. The molecule has 0 unspecified atom stereocenters. The predicted octanol–water partition coefficient (Wildman–Crippen LogP) is 1.74. The van der Waals surface area contributed by atoms with E-state index in [0.29, 0.717) is 5.88 Å². The maximum absolute atomic E-state index is 5.43. The van der Waals surface area contributed by atoms with Crippen molar-refractivity contribution in [2.75, 3.05) is 12.4 Å². The first kappa shape index (κ1) is 7.83. The molecule has 0 amide bonds. The Balaban J connectivity index is 2.99. The molecule has 0 rings (SSSR count). The van der Waals surface area contributed by atoms with Gasteiger partial charge in [0, 0.05) is 12.2 Å². The van der Waals surface area contributed by atoms with Gasteiger partial charge in [-0.1, -0.05) is 13.5 Å². The van der Waals surface area contributed by atoms with Crippen molar-refractivity contribution in [1.82, 2.24) is 5.32 Å². The van der Waals surface area contributed by atoms with E-state index in [2.05, 4.69) is 18.8 Å². The molecular formula is C6H12ClN. The summed E-state index contributed by atoms with van der Waals surface area (Å²) in [6.07, 6.45) is 1.12. The van der Waals surface area contributed by atoms with E-state index in [1.54, 1.807) is 0 Å². The molecule has 0 aromatic heterocycles. The molecule has 0 bridgehead atoms. The van der Waals surface area contributed by atoms with Crippen molar-refractivity contribution < 1.29 is 0 Å². The highest BCUT2D eigenvalue weighted by molar-refractivity contribution is 6.19. The maximum atomic E-state index is 5.43. The summed E-state index contributed by atoms with van der Waals surface area (Å²) in [4.78, 5) is 0. The molecule has 0 aliphatic carbocycles. The van der Waals surface area contributed by atoms with Crippen LogP contribution >= 0.6 is 11.6 Å². The van der Waals surface area contributed by atoms with Crippen LogP contribution in [-0.2, 0) is 0 Å². The zero-order valence-corrected chi connectivity index (χ0v) is 5.96. The van der Waals surface area contributed by atoms with Gasteiger partial charge in [-0.3, -0.25) is 0 Å². The van der Waals surface area contributed by atoms with Crippen molar-refractivity contribution in [3.63, 3.8) is 0 Å². The zero-order chi connectivity index (χ0) is 6.41. The Morgan fingerprint density at radius 1 is 1.75 bits per heavy atom. The van der Waals surface area contributed by atoms with Gasteiger partial charge in [-0.2, -0.15) is 0 Å². The van der Waals surface area contributed by atoms with Crippen molar-refractivity contribution in [2.45, 2.75) is 13.3 Å². The minimum Gasteiger partial charge on any atom is -0.388 e. The van der Waals surface area contributed by atoms with Crippen molar-refractivity contribution in [1.29, 1.82) is 0 Å². The number of nitrogens with one attached hydrogen (secondary N) is 1. The molecule has 0 radical (unpaired) electrons. The molecule has 1 N–H and O–H groups in total. The molecule has 0 aliphatic rings. The average Bonchev–Trinajstić information content (AvgIpc) is 1.83. The number of hydrogen-bond acceptors (Lipinski definition) is 1. The number of halogens is 1. The van der Waals surface area contributed by atoms with Gasteiger partial charge in [-0.25, -0.2) is 0 Å². The highest BCUT2D eigenvalue weighted by Gasteiger charge is 1.84.